The number of ether oxygens (including phenoxy) is 2. The molecular weight excluding hydrogens is 891 g/mol. The third-order valence-electron chi connectivity index (χ3n) is 13.3. The number of rotatable bonds is 6. The number of carboxylic acid groups (broad SMARTS) is 2. The van der Waals surface area contributed by atoms with Gasteiger partial charge >= 0.3 is 11.9 Å². The maximum Gasteiger partial charge on any atom is 0.341 e. The van der Waals surface area contributed by atoms with Crippen LogP contribution in [0.25, 0.3) is 21.8 Å². The fraction of sp³-hybridized carbons (Fsp3) is 0.455. The molecule has 360 valence electrons. The van der Waals surface area contributed by atoms with Crippen molar-refractivity contribution in [2.75, 3.05) is 75.4 Å². The second-order valence-electron chi connectivity index (χ2n) is 17.6. The van der Waals surface area contributed by atoms with Gasteiger partial charge in [0.25, 0.3) is 0 Å². The van der Waals surface area contributed by atoms with Gasteiger partial charge in [-0.25, -0.2) is 28.4 Å². The van der Waals surface area contributed by atoms with Crippen molar-refractivity contribution in [1.82, 2.24) is 18.9 Å². The zero-order chi connectivity index (χ0) is 48.3. The van der Waals surface area contributed by atoms with E-state index in [1.807, 2.05) is 13.8 Å². The largest absolute Gasteiger partial charge is 0.487 e. The Balaban J connectivity index is 0.843. The van der Waals surface area contributed by atoms with Crippen LogP contribution in [0.3, 0.4) is 0 Å². The monoisotopic (exact) mass is 942 g/mol. The molecule has 68 heavy (non-hydrogen) atoms. The summed E-state index contributed by atoms with van der Waals surface area (Å²) in [5, 5.41) is 19.1. The average Bonchev–Trinajstić information content (AvgIpc) is 3.30. The second-order valence-corrected chi connectivity index (χ2v) is 17.6. The lowest BCUT2D eigenvalue weighted by atomic mass is 9.91. The topological polar surface area (TPSA) is 304 Å². The van der Waals surface area contributed by atoms with E-state index < -0.39 is 45.6 Å². The van der Waals surface area contributed by atoms with Gasteiger partial charge in [-0.15, -0.1) is 0 Å². The normalized spacial score (nSPS) is 22.6. The van der Waals surface area contributed by atoms with Crippen molar-refractivity contribution in [3.63, 3.8) is 0 Å². The van der Waals surface area contributed by atoms with E-state index in [-0.39, 0.29) is 94.9 Å². The number of carboxylic acids is 2. The Kier molecular flexibility index (Phi) is 11.9. The molecule has 0 bridgehead atoms. The summed E-state index contributed by atoms with van der Waals surface area (Å²) in [6, 6.07) is 0.832. The van der Waals surface area contributed by atoms with Gasteiger partial charge in [-0.3, -0.25) is 9.59 Å². The lowest BCUT2D eigenvalue weighted by Gasteiger charge is -2.38. The number of halogens is 2. The summed E-state index contributed by atoms with van der Waals surface area (Å²) < 4.78 is 47.0. The first kappa shape index (κ1) is 45.5. The number of aromatic nitrogens is 2. The number of aromatic carboxylic acids is 2. The first-order valence-corrected chi connectivity index (χ1v) is 22.4. The minimum absolute atomic E-state index is 0.0482. The molecule has 4 aromatic rings. The number of aliphatic imine (C=N–C) groups is 4. The van der Waals surface area contributed by atoms with Crippen molar-refractivity contribution >= 4 is 69.0 Å². The number of pyridine rings is 2. The molecule has 4 atom stereocenters. The SMILES string of the molecule is CC1COc2c(N3CCN(/C(N)=N\C(N)=NC4CCCCC4N=C(N)/N=C(/N)N4CCN(c5c(F)cc6c(=O)c(C(=O)O)cn7c6c5OCC7C)CC4)CC3)c(F)cc3c(=O)c(C(=O)O)cn1c23. The molecule has 0 radical (unpaired) electrons. The molecule has 2 aromatic carbocycles. The zero-order valence-corrected chi connectivity index (χ0v) is 37.4. The van der Waals surface area contributed by atoms with Crippen molar-refractivity contribution in [1.29, 1.82) is 0 Å². The summed E-state index contributed by atoms with van der Waals surface area (Å²) >= 11 is 0. The van der Waals surface area contributed by atoms with Crippen LogP contribution in [-0.4, -0.2) is 143 Å². The second kappa shape index (κ2) is 17.9. The van der Waals surface area contributed by atoms with Crippen molar-refractivity contribution in [2.24, 2.45) is 42.9 Å². The van der Waals surface area contributed by atoms with E-state index >= 15 is 8.78 Å². The molecule has 3 fully saturated rings. The van der Waals surface area contributed by atoms with Crippen molar-refractivity contribution < 1.29 is 38.1 Å². The van der Waals surface area contributed by atoms with E-state index in [1.54, 1.807) is 28.7 Å². The van der Waals surface area contributed by atoms with Gasteiger partial charge in [-0.2, -0.15) is 9.98 Å². The van der Waals surface area contributed by atoms with Crippen LogP contribution in [0.2, 0.25) is 0 Å². The highest BCUT2D eigenvalue weighted by atomic mass is 19.1. The van der Waals surface area contributed by atoms with E-state index in [9.17, 15) is 29.4 Å². The molecule has 0 amide bonds. The molecule has 2 saturated heterocycles. The molecule has 9 rings (SSSR count). The number of carbonyl (C=O) groups is 2. The Bertz CT molecular complexity index is 2790. The quantitative estimate of drug-likeness (QED) is 0.118. The highest BCUT2D eigenvalue weighted by molar-refractivity contribution is 5.99. The molecule has 10 N–H and O–H groups in total. The van der Waals surface area contributed by atoms with Crippen molar-refractivity contribution in [3.8, 4) is 11.5 Å². The summed E-state index contributed by atoms with van der Waals surface area (Å²) in [5.74, 6) is -3.67. The van der Waals surface area contributed by atoms with Crippen LogP contribution in [0.1, 0.15) is 72.3 Å². The highest BCUT2D eigenvalue weighted by Crippen LogP contribution is 2.44. The number of hydrogen-bond donors (Lipinski definition) is 6. The number of piperazine rings is 2. The number of anilines is 2. The van der Waals surface area contributed by atoms with Gasteiger partial charge in [-0.1, -0.05) is 12.8 Å². The third-order valence-corrected chi connectivity index (χ3v) is 13.3. The van der Waals surface area contributed by atoms with Crippen LogP contribution >= 0.6 is 0 Å². The maximum absolute atomic E-state index is 15.8. The van der Waals surface area contributed by atoms with E-state index in [1.165, 1.54) is 12.4 Å². The lowest BCUT2D eigenvalue weighted by Crippen LogP contribution is -2.52. The molecule has 6 heterocycles. The summed E-state index contributed by atoms with van der Waals surface area (Å²) in [5.41, 5.74) is 24.1. The van der Waals surface area contributed by atoms with Crippen LogP contribution in [-0.2, 0) is 0 Å². The Hall–Kier alpha value is -7.66. The Morgan fingerprint density at radius 1 is 0.632 bits per heavy atom. The summed E-state index contributed by atoms with van der Waals surface area (Å²) in [4.78, 5) is 75.0. The predicted molar refractivity (Wildman–Crippen MR) is 251 cm³/mol. The van der Waals surface area contributed by atoms with Gasteiger partial charge in [0.2, 0.25) is 22.8 Å². The number of benzene rings is 2. The molecule has 4 unspecified atom stereocenters. The van der Waals surface area contributed by atoms with Gasteiger partial charge in [0.1, 0.15) is 35.7 Å². The molecule has 4 aliphatic heterocycles. The zero-order valence-electron chi connectivity index (χ0n) is 37.4. The smallest absolute Gasteiger partial charge is 0.341 e. The molecule has 5 aliphatic rings. The average molecular weight is 943 g/mol. The number of guanidine groups is 4. The Morgan fingerprint density at radius 3 is 1.35 bits per heavy atom. The molecule has 24 heteroatoms. The van der Waals surface area contributed by atoms with Crippen LogP contribution < -0.4 is 53.1 Å². The molecular formula is C44H52F2N14O8. The van der Waals surface area contributed by atoms with Crippen molar-refractivity contribution in [3.05, 3.63) is 67.7 Å². The molecule has 2 aromatic heterocycles. The number of hydrogen-bond acceptors (Lipinski definition) is 10. The van der Waals surface area contributed by atoms with Crippen LogP contribution in [0.5, 0.6) is 11.5 Å². The molecule has 1 aliphatic carbocycles. The maximum atomic E-state index is 15.8. The van der Waals surface area contributed by atoms with E-state index in [4.69, 9.17) is 32.4 Å². The Labute approximate surface area is 386 Å². The first-order chi connectivity index (χ1) is 32.5. The van der Waals surface area contributed by atoms with Gasteiger partial charge in [-0.05, 0) is 38.8 Å². The first-order valence-electron chi connectivity index (χ1n) is 22.4. The summed E-state index contributed by atoms with van der Waals surface area (Å²) in [7, 11) is 0. The fourth-order valence-electron chi connectivity index (χ4n) is 9.80. The summed E-state index contributed by atoms with van der Waals surface area (Å²) in [6.45, 7) is 6.60. The standard InChI is InChI=1S/C44H52F2N14O8/c1-21-19-67-37-31-23(35(61)25(39(63)64)17-59(21)31)15-27(45)33(37)55-7-11-57(12-8-55)43(49)53-41(47)51-29-5-3-4-6-30(29)52-42(48)54-44(50)58-13-9-56(10-14-58)34-28(46)16-24-32-38(34)68-20-22(2)60(32)18-26(36(24)62)40(65)66/h15-18,21-22,29-30H,3-14,19-20H2,1-2H3,(H,63,64)(H,65,66)(H4,47,49,51,53)(H4,48,50,52,54). The minimum Gasteiger partial charge on any atom is -0.487 e. The number of nitrogens with two attached hydrogens (primary N) is 4. The molecule has 22 nitrogen and oxygen atoms in total. The van der Waals surface area contributed by atoms with E-state index in [2.05, 4.69) is 20.0 Å². The van der Waals surface area contributed by atoms with Gasteiger partial charge in [0.15, 0.2) is 35.1 Å². The van der Waals surface area contributed by atoms with Crippen molar-refractivity contribution in [2.45, 2.75) is 63.7 Å². The van der Waals surface area contributed by atoms with Crippen LogP contribution in [0.4, 0.5) is 20.2 Å². The minimum atomic E-state index is -1.39. The van der Waals surface area contributed by atoms with Gasteiger partial charge in [0, 0.05) is 64.8 Å². The summed E-state index contributed by atoms with van der Waals surface area (Å²) in [6.07, 6.45) is 5.65. The third kappa shape index (κ3) is 8.16. The van der Waals surface area contributed by atoms with E-state index in [0.717, 1.165) is 25.0 Å². The van der Waals surface area contributed by atoms with Gasteiger partial charge < -0.3 is 71.4 Å². The highest BCUT2D eigenvalue weighted by Gasteiger charge is 2.34. The molecule has 0 spiro atoms. The fourth-order valence-corrected chi connectivity index (χ4v) is 9.80. The van der Waals surface area contributed by atoms with E-state index in [0.29, 0.717) is 76.2 Å². The van der Waals surface area contributed by atoms with Crippen LogP contribution in [0.15, 0.2) is 54.1 Å². The van der Waals surface area contributed by atoms with Crippen LogP contribution in [0, 0.1) is 11.6 Å². The number of nitrogens with zero attached hydrogens (tertiary/aromatic N) is 10. The molecule has 1 saturated carbocycles. The lowest BCUT2D eigenvalue weighted by molar-refractivity contribution is 0.0683. The predicted octanol–water partition coefficient (Wildman–Crippen LogP) is 1.41. The Morgan fingerprint density at radius 2 is 1.00 bits per heavy atom. The van der Waals surface area contributed by atoms with Gasteiger partial charge in [0.05, 0.1) is 46.0 Å².